The van der Waals surface area contributed by atoms with Gasteiger partial charge >= 0.3 is 29.6 Å². The standard InChI is InChI=1S/C16H26O3S.Na/c1-2-3-4-5-6-7-8-15-9-11-16(12-10-15)19-13-14-20(17)18;/h9-12H,2-8,13-14H2,1H3,(H,17,18);/q;+1/p-1. The molecule has 1 aromatic carbocycles. The average molecular weight is 320 g/mol. The molecule has 0 aliphatic heterocycles. The molecule has 0 heterocycles. The maximum absolute atomic E-state index is 10.4. The van der Waals surface area contributed by atoms with Crippen molar-refractivity contribution in [2.24, 2.45) is 0 Å². The van der Waals surface area contributed by atoms with Gasteiger partial charge in [0.15, 0.2) is 0 Å². The van der Waals surface area contributed by atoms with Crippen molar-refractivity contribution in [3.8, 4) is 5.75 Å². The van der Waals surface area contributed by atoms with E-state index < -0.39 is 11.1 Å². The summed E-state index contributed by atoms with van der Waals surface area (Å²) in [5.41, 5.74) is 1.32. The first kappa shape index (κ1) is 21.1. The molecule has 1 rings (SSSR count). The Labute approximate surface area is 153 Å². The second kappa shape index (κ2) is 13.8. The van der Waals surface area contributed by atoms with Gasteiger partial charge in [-0.1, -0.05) is 62.2 Å². The van der Waals surface area contributed by atoms with Crippen molar-refractivity contribution in [2.75, 3.05) is 12.4 Å². The van der Waals surface area contributed by atoms with E-state index in [1.807, 2.05) is 12.1 Å². The van der Waals surface area contributed by atoms with E-state index >= 15 is 0 Å². The zero-order valence-corrected chi connectivity index (χ0v) is 16.1. The SMILES string of the molecule is CCCCCCCCc1ccc(OCCS(=O)[O-])cc1.[Na+]. The first-order valence-corrected chi connectivity index (χ1v) is 8.74. The van der Waals surface area contributed by atoms with Gasteiger partial charge in [0.05, 0.1) is 6.61 Å². The molecule has 0 saturated carbocycles. The summed E-state index contributed by atoms with van der Waals surface area (Å²) >= 11 is -2.03. The molecule has 3 nitrogen and oxygen atoms in total. The summed E-state index contributed by atoms with van der Waals surface area (Å²) in [5.74, 6) is 0.779. The van der Waals surface area contributed by atoms with Crippen molar-refractivity contribution >= 4 is 11.1 Å². The fraction of sp³-hybridized carbons (Fsp3) is 0.625. The molecule has 114 valence electrons. The second-order valence-electron chi connectivity index (χ2n) is 5.02. The summed E-state index contributed by atoms with van der Waals surface area (Å²) in [6.45, 7) is 2.45. The number of unbranched alkanes of at least 4 members (excludes halogenated alkanes) is 5. The third kappa shape index (κ3) is 11.4. The first-order chi connectivity index (χ1) is 9.72. The summed E-state index contributed by atoms with van der Waals surface area (Å²) in [5, 5.41) is 0. The van der Waals surface area contributed by atoms with Crippen LogP contribution in [0.5, 0.6) is 5.75 Å². The minimum absolute atomic E-state index is 0. The van der Waals surface area contributed by atoms with Crippen molar-refractivity contribution in [2.45, 2.75) is 51.9 Å². The number of hydrogen-bond donors (Lipinski definition) is 0. The Bertz CT molecular complexity index is 382. The molecule has 0 bridgehead atoms. The Morgan fingerprint density at radius 1 is 1.05 bits per heavy atom. The number of hydrogen-bond acceptors (Lipinski definition) is 3. The van der Waals surface area contributed by atoms with Gasteiger partial charge in [-0.25, -0.2) is 0 Å². The van der Waals surface area contributed by atoms with Crippen molar-refractivity contribution in [3.63, 3.8) is 0 Å². The number of aryl methyl sites for hydroxylation is 1. The van der Waals surface area contributed by atoms with E-state index in [1.165, 1.54) is 44.1 Å². The molecule has 0 fully saturated rings. The van der Waals surface area contributed by atoms with Crippen LogP contribution in [0.1, 0.15) is 51.0 Å². The Balaban J connectivity index is 0.00000400. The molecule has 0 radical (unpaired) electrons. The number of rotatable bonds is 11. The van der Waals surface area contributed by atoms with Crippen molar-refractivity contribution in [3.05, 3.63) is 29.8 Å². The van der Waals surface area contributed by atoms with E-state index in [-0.39, 0.29) is 41.9 Å². The van der Waals surface area contributed by atoms with Gasteiger partial charge in [-0.15, -0.1) is 0 Å². The largest absolute Gasteiger partial charge is 1.00 e. The number of benzene rings is 1. The van der Waals surface area contributed by atoms with Gasteiger partial charge in [0.25, 0.3) is 0 Å². The molecule has 0 spiro atoms. The minimum Gasteiger partial charge on any atom is -0.772 e. The third-order valence-electron chi connectivity index (χ3n) is 3.26. The van der Waals surface area contributed by atoms with Crippen LogP contribution >= 0.6 is 0 Å². The molecule has 0 saturated heterocycles. The zero-order valence-electron chi connectivity index (χ0n) is 13.3. The summed E-state index contributed by atoms with van der Waals surface area (Å²) in [6, 6.07) is 7.96. The normalized spacial score (nSPS) is 11.7. The van der Waals surface area contributed by atoms with E-state index in [2.05, 4.69) is 19.1 Å². The Hall–Kier alpha value is 0.130. The molecule has 1 unspecified atom stereocenters. The zero-order chi connectivity index (χ0) is 14.6. The molecule has 5 heteroatoms. The van der Waals surface area contributed by atoms with E-state index in [4.69, 9.17) is 4.74 Å². The number of ether oxygens (including phenoxy) is 1. The van der Waals surface area contributed by atoms with Gasteiger partial charge in [0.1, 0.15) is 5.75 Å². The monoisotopic (exact) mass is 320 g/mol. The molecular formula is C16H25NaO3S. The van der Waals surface area contributed by atoms with Gasteiger partial charge < -0.3 is 9.29 Å². The molecule has 21 heavy (non-hydrogen) atoms. The topological polar surface area (TPSA) is 49.4 Å². The molecule has 0 amide bonds. The van der Waals surface area contributed by atoms with Crippen LogP contribution in [0.4, 0.5) is 0 Å². The molecule has 1 aromatic rings. The van der Waals surface area contributed by atoms with Gasteiger partial charge in [-0.05, 0) is 30.5 Å². The molecular weight excluding hydrogens is 295 g/mol. The van der Waals surface area contributed by atoms with Gasteiger partial charge in [0.2, 0.25) is 0 Å². The Morgan fingerprint density at radius 3 is 2.29 bits per heavy atom. The maximum Gasteiger partial charge on any atom is 1.00 e. The van der Waals surface area contributed by atoms with Gasteiger partial charge in [0, 0.05) is 5.75 Å². The maximum atomic E-state index is 10.4. The van der Waals surface area contributed by atoms with Crippen LogP contribution in [0, 0.1) is 0 Å². The van der Waals surface area contributed by atoms with E-state index in [1.54, 1.807) is 0 Å². The van der Waals surface area contributed by atoms with Crippen LogP contribution in [0.2, 0.25) is 0 Å². The fourth-order valence-electron chi connectivity index (χ4n) is 2.09. The van der Waals surface area contributed by atoms with Crippen LogP contribution in [0.25, 0.3) is 0 Å². The summed E-state index contributed by atoms with van der Waals surface area (Å²) in [6.07, 6.45) is 8.97. The average Bonchev–Trinajstić information content (AvgIpc) is 2.44. The Kier molecular flexibility index (Phi) is 13.9. The molecule has 0 aromatic heterocycles. The van der Waals surface area contributed by atoms with Gasteiger partial charge in [-0.2, -0.15) is 0 Å². The van der Waals surface area contributed by atoms with E-state index in [0.29, 0.717) is 0 Å². The smallest absolute Gasteiger partial charge is 0.772 e. The first-order valence-electron chi connectivity index (χ1n) is 7.50. The fourth-order valence-corrected chi connectivity index (χ4v) is 2.31. The molecule has 1 atom stereocenters. The van der Waals surface area contributed by atoms with Crippen LogP contribution in [0.3, 0.4) is 0 Å². The molecule has 0 aliphatic carbocycles. The van der Waals surface area contributed by atoms with E-state index in [0.717, 1.165) is 12.2 Å². The second-order valence-corrected chi connectivity index (χ2v) is 6.03. The predicted molar refractivity (Wildman–Crippen MR) is 82.8 cm³/mol. The predicted octanol–water partition coefficient (Wildman–Crippen LogP) is 0.851. The summed E-state index contributed by atoms with van der Waals surface area (Å²) in [4.78, 5) is 0. The summed E-state index contributed by atoms with van der Waals surface area (Å²) in [7, 11) is 0. The molecule has 0 aliphatic rings. The van der Waals surface area contributed by atoms with Gasteiger partial charge in [-0.3, -0.25) is 4.21 Å². The van der Waals surface area contributed by atoms with Crippen molar-refractivity contribution in [1.82, 2.24) is 0 Å². The van der Waals surface area contributed by atoms with E-state index in [9.17, 15) is 8.76 Å². The minimum atomic E-state index is -2.03. The van der Waals surface area contributed by atoms with Crippen LogP contribution in [-0.4, -0.2) is 21.1 Å². The quantitative estimate of drug-likeness (QED) is 0.345. The van der Waals surface area contributed by atoms with Crippen LogP contribution in [0.15, 0.2) is 24.3 Å². The Morgan fingerprint density at radius 2 is 1.67 bits per heavy atom. The van der Waals surface area contributed by atoms with Crippen molar-refractivity contribution < 1.29 is 43.1 Å². The third-order valence-corrected chi connectivity index (χ3v) is 3.76. The molecule has 0 N–H and O–H groups in total. The van der Waals surface area contributed by atoms with Crippen LogP contribution < -0.4 is 34.3 Å². The van der Waals surface area contributed by atoms with Crippen molar-refractivity contribution in [1.29, 1.82) is 0 Å². The summed E-state index contributed by atoms with van der Waals surface area (Å²) < 4.78 is 26.1. The van der Waals surface area contributed by atoms with Crippen LogP contribution in [-0.2, 0) is 17.5 Å².